The van der Waals surface area contributed by atoms with Gasteiger partial charge >= 0.3 is 5.97 Å². The molecule has 1 aliphatic rings. The molecule has 2 heterocycles. The standard InChI is InChI=1S/C12H16BrNO2S/c1-8-2-3-10(12(15)16)6-14(8)5-9-4-11(13)17-7-9/h4,7-8,10H,2-3,5-6H2,1H3,(H,15,16). The van der Waals surface area contributed by atoms with Crippen LogP contribution in [0.5, 0.6) is 0 Å². The molecule has 3 nitrogen and oxygen atoms in total. The fraction of sp³-hybridized carbons (Fsp3) is 0.583. The SMILES string of the molecule is CC1CCC(C(=O)O)CN1Cc1csc(Br)c1. The lowest BCUT2D eigenvalue weighted by Crippen LogP contribution is -2.43. The lowest BCUT2D eigenvalue weighted by molar-refractivity contribution is -0.144. The predicted molar refractivity (Wildman–Crippen MR) is 72.3 cm³/mol. The van der Waals surface area contributed by atoms with Gasteiger partial charge in [-0.25, -0.2) is 0 Å². The van der Waals surface area contributed by atoms with E-state index in [1.807, 2.05) is 0 Å². The highest BCUT2D eigenvalue weighted by atomic mass is 79.9. The molecule has 1 aromatic heterocycles. The number of hydrogen-bond donors (Lipinski definition) is 1. The molecule has 5 heteroatoms. The first-order chi connectivity index (χ1) is 8.06. The maximum atomic E-state index is 11.0. The molecule has 1 N–H and O–H groups in total. The summed E-state index contributed by atoms with van der Waals surface area (Å²) < 4.78 is 1.13. The maximum Gasteiger partial charge on any atom is 0.307 e. The van der Waals surface area contributed by atoms with Gasteiger partial charge in [0.2, 0.25) is 0 Å². The van der Waals surface area contributed by atoms with Crippen molar-refractivity contribution in [3.63, 3.8) is 0 Å². The zero-order chi connectivity index (χ0) is 12.4. The summed E-state index contributed by atoms with van der Waals surface area (Å²) in [5, 5.41) is 11.2. The number of carboxylic acid groups (broad SMARTS) is 1. The quantitative estimate of drug-likeness (QED) is 0.930. The van der Waals surface area contributed by atoms with Crippen LogP contribution in [0, 0.1) is 5.92 Å². The highest BCUT2D eigenvalue weighted by molar-refractivity contribution is 9.11. The van der Waals surface area contributed by atoms with E-state index in [0.29, 0.717) is 12.6 Å². The van der Waals surface area contributed by atoms with Gasteiger partial charge in [-0.05, 0) is 52.7 Å². The number of aliphatic carboxylic acids is 1. The van der Waals surface area contributed by atoms with Crippen LogP contribution in [0.2, 0.25) is 0 Å². The Hall–Kier alpha value is -0.390. The van der Waals surface area contributed by atoms with Crippen LogP contribution in [0.4, 0.5) is 0 Å². The van der Waals surface area contributed by atoms with Gasteiger partial charge in [-0.15, -0.1) is 11.3 Å². The normalized spacial score (nSPS) is 26.0. The average molecular weight is 318 g/mol. The van der Waals surface area contributed by atoms with E-state index >= 15 is 0 Å². The van der Waals surface area contributed by atoms with Gasteiger partial charge in [0.25, 0.3) is 0 Å². The van der Waals surface area contributed by atoms with E-state index < -0.39 is 5.97 Å². The van der Waals surface area contributed by atoms with Crippen LogP contribution in [0.25, 0.3) is 0 Å². The summed E-state index contributed by atoms with van der Waals surface area (Å²) in [5.74, 6) is -0.860. The number of piperidine rings is 1. The molecule has 0 radical (unpaired) electrons. The Morgan fingerprint density at radius 2 is 2.41 bits per heavy atom. The zero-order valence-electron chi connectivity index (χ0n) is 9.73. The van der Waals surface area contributed by atoms with E-state index in [1.165, 1.54) is 5.56 Å². The number of rotatable bonds is 3. The average Bonchev–Trinajstić information content (AvgIpc) is 2.67. The topological polar surface area (TPSA) is 40.5 Å². The number of thiophene rings is 1. The molecule has 94 valence electrons. The first-order valence-corrected chi connectivity index (χ1v) is 7.43. The smallest absolute Gasteiger partial charge is 0.307 e. The van der Waals surface area contributed by atoms with Crippen LogP contribution < -0.4 is 0 Å². The van der Waals surface area contributed by atoms with E-state index in [0.717, 1.165) is 23.2 Å². The van der Waals surface area contributed by atoms with E-state index in [-0.39, 0.29) is 5.92 Å². The maximum absolute atomic E-state index is 11.0. The number of hydrogen-bond acceptors (Lipinski definition) is 3. The Kier molecular flexibility index (Phi) is 4.22. The van der Waals surface area contributed by atoms with Crippen molar-refractivity contribution in [2.45, 2.75) is 32.4 Å². The fourth-order valence-electron chi connectivity index (χ4n) is 2.26. The molecule has 1 aromatic rings. The predicted octanol–water partition coefficient (Wildman–Crippen LogP) is 3.20. The van der Waals surface area contributed by atoms with Crippen LogP contribution >= 0.6 is 27.3 Å². The Morgan fingerprint density at radius 3 is 3.00 bits per heavy atom. The third kappa shape index (κ3) is 3.30. The molecular weight excluding hydrogens is 302 g/mol. The van der Waals surface area contributed by atoms with Crippen molar-refractivity contribution >= 4 is 33.2 Å². The summed E-state index contributed by atoms with van der Waals surface area (Å²) >= 11 is 5.13. The van der Waals surface area contributed by atoms with Gasteiger partial charge in [0, 0.05) is 19.1 Å². The van der Waals surface area contributed by atoms with Crippen molar-refractivity contribution < 1.29 is 9.90 Å². The molecule has 1 saturated heterocycles. The van der Waals surface area contributed by atoms with E-state index in [9.17, 15) is 4.79 Å². The largest absolute Gasteiger partial charge is 0.481 e. The van der Waals surface area contributed by atoms with Gasteiger partial charge in [-0.3, -0.25) is 9.69 Å². The molecule has 0 bridgehead atoms. The molecule has 0 amide bonds. The summed E-state index contributed by atoms with van der Waals surface area (Å²) in [7, 11) is 0. The van der Waals surface area contributed by atoms with Crippen LogP contribution in [-0.4, -0.2) is 28.6 Å². The minimum Gasteiger partial charge on any atom is -0.481 e. The van der Waals surface area contributed by atoms with Crippen molar-refractivity contribution in [1.82, 2.24) is 4.90 Å². The Labute approximate surface area is 114 Å². The molecule has 2 atom stereocenters. The van der Waals surface area contributed by atoms with Crippen LogP contribution in [0.1, 0.15) is 25.3 Å². The van der Waals surface area contributed by atoms with Crippen LogP contribution in [0.15, 0.2) is 15.2 Å². The molecule has 2 rings (SSSR count). The number of nitrogens with zero attached hydrogens (tertiary/aromatic N) is 1. The second-order valence-electron chi connectivity index (χ2n) is 4.65. The first kappa shape index (κ1) is 13.1. The minimum absolute atomic E-state index is 0.201. The zero-order valence-corrected chi connectivity index (χ0v) is 12.1. The highest BCUT2D eigenvalue weighted by Gasteiger charge is 2.29. The second kappa shape index (κ2) is 5.50. The lowest BCUT2D eigenvalue weighted by Gasteiger charge is -2.36. The van der Waals surface area contributed by atoms with Crippen molar-refractivity contribution in [3.8, 4) is 0 Å². The van der Waals surface area contributed by atoms with Crippen molar-refractivity contribution in [3.05, 3.63) is 20.8 Å². The van der Waals surface area contributed by atoms with Crippen LogP contribution in [-0.2, 0) is 11.3 Å². The lowest BCUT2D eigenvalue weighted by atomic mass is 9.93. The molecule has 1 fully saturated rings. The van der Waals surface area contributed by atoms with E-state index in [1.54, 1.807) is 11.3 Å². The van der Waals surface area contributed by atoms with Crippen molar-refractivity contribution in [2.24, 2.45) is 5.92 Å². The summed E-state index contributed by atoms with van der Waals surface area (Å²) in [4.78, 5) is 13.3. The number of carboxylic acids is 1. The van der Waals surface area contributed by atoms with Gasteiger partial charge in [-0.1, -0.05) is 0 Å². The number of halogens is 1. The first-order valence-electron chi connectivity index (χ1n) is 5.76. The van der Waals surface area contributed by atoms with E-state index in [2.05, 4.69) is 39.2 Å². The van der Waals surface area contributed by atoms with Gasteiger partial charge in [0.1, 0.15) is 0 Å². The third-order valence-corrected chi connectivity index (χ3v) is 4.92. The summed E-state index contributed by atoms with van der Waals surface area (Å²) in [6.45, 7) is 3.70. The Balaban J connectivity index is 2.00. The van der Waals surface area contributed by atoms with Crippen molar-refractivity contribution in [2.75, 3.05) is 6.54 Å². The highest BCUT2D eigenvalue weighted by Crippen LogP contribution is 2.26. The van der Waals surface area contributed by atoms with Gasteiger partial charge in [-0.2, -0.15) is 0 Å². The molecule has 0 aliphatic carbocycles. The third-order valence-electron chi connectivity index (χ3n) is 3.37. The molecule has 2 unspecified atom stereocenters. The van der Waals surface area contributed by atoms with Gasteiger partial charge < -0.3 is 5.11 Å². The van der Waals surface area contributed by atoms with Crippen molar-refractivity contribution in [1.29, 1.82) is 0 Å². The fourth-order valence-corrected chi connectivity index (χ4v) is 3.46. The molecule has 0 saturated carbocycles. The minimum atomic E-state index is -0.659. The molecule has 0 aromatic carbocycles. The van der Waals surface area contributed by atoms with Crippen LogP contribution in [0.3, 0.4) is 0 Å². The van der Waals surface area contributed by atoms with Gasteiger partial charge in [0.05, 0.1) is 9.70 Å². The number of carbonyl (C=O) groups is 1. The second-order valence-corrected chi connectivity index (χ2v) is 6.94. The van der Waals surface area contributed by atoms with Gasteiger partial charge in [0.15, 0.2) is 0 Å². The summed E-state index contributed by atoms with van der Waals surface area (Å²) in [6.07, 6.45) is 1.78. The monoisotopic (exact) mass is 317 g/mol. The summed E-state index contributed by atoms with van der Waals surface area (Å²) in [6, 6.07) is 2.59. The molecule has 17 heavy (non-hydrogen) atoms. The number of likely N-dealkylation sites (tertiary alicyclic amines) is 1. The Bertz CT molecular complexity index is 407. The molecule has 1 aliphatic heterocycles. The Morgan fingerprint density at radius 1 is 1.65 bits per heavy atom. The summed E-state index contributed by atoms with van der Waals surface area (Å²) in [5.41, 5.74) is 1.26. The molecular formula is C12H16BrNO2S. The molecule has 0 spiro atoms. The van der Waals surface area contributed by atoms with E-state index in [4.69, 9.17) is 5.11 Å².